The molecule has 3 aromatic carbocycles. The molecule has 0 radical (unpaired) electrons. The lowest BCUT2D eigenvalue weighted by molar-refractivity contribution is 0.102. The van der Waals surface area contributed by atoms with Crippen LogP contribution in [0.15, 0.2) is 77.3 Å². The highest BCUT2D eigenvalue weighted by Gasteiger charge is 2.16. The second kappa shape index (κ2) is 8.68. The summed E-state index contributed by atoms with van der Waals surface area (Å²) >= 11 is 4.93. The normalized spacial score (nSPS) is 11.1. The molecule has 0 aliphatic heterocycles. The molecule has 0 saturated carbocycles. The lowest BCUT2D eigenvalue weighted by Crippen LogP contribution is -2.13. The number of benzene rings is 3. The molecular weight excluding hydrogens is 486 g/mol. The molecule has 0 bridgehead atoms. The number of hydrogen-bond donors (Lipinski definition) is 1. The van der Waals surface area contributed by atoms with E-state index in [-0.39, 0.29) is 5.91 Å². The molecule has 1 N–H and O–H groups in total. The Kier molecular flexibility index (Phi) is 5.59. The van der Waals surface area contributed by atoms with Gasteiger partial charge in [-0.05, 0) is 49.4 Å². The van der Waals surface area contributed by atoms with E-state index in [4.69, 9.17) is 9.72 Å². The van der Waals surface area contributed by atoms with Crippen LogP contribution in [0.3, 0.4) is 0 Å². The lowest BCUT2D eigenvalue weighted by Gasteiger charge is -2.10. The molecule has 0 aliphatic rings. The van der Waals surface area contributed by atoms with E-state index in [2.05, 4.69) is 26.2 Å². The number of rotatable bonds is 5. The highest BCUT2D eigenvalue weighted by molar-refractivity contribution is 9.10. The maximum atomic E-state index is 13.3. The molecule has 0 unspecified atom stereocenters. The van der Waals surface area contributed by atoms with Crippen LogP contribution in [-0.4, -0.2) is 22.5 Å². The van der Waals surface area contributed by atoms with Crippen molar-refractivity contribution in [3.8, 4) is 17.0 Å². The predicted octanol–water partition coefficient (Wildman–Crippen LogP) is 6.93. The zero-order valence-electron chi connectivity index (χ0n) is 17.1. The molecule has 0 fully saturated rings. The first-order chi connectivity index (χ1) is 15.6. The molecule has 0 atom stereocenters. The Hall–Kier alpha value is -3.29. The summed E-state index contributed by atoms with van der Waals surface area (Å²) in [6.07, 6.45) is 0. The van der Waals surface area contributed by atoms with Crippen molar-refractivity contribution in [1.82, 2.24) is 9.97 Å². The summed E-state index contributed by atoms with van der Waals surface area (Å²) < 4.78 is 7.48. The van der Waals surface area contributed by atoms with E-state index in [1.807, 2.05) is 79.7 Å². The summed E-state index contributed by atoms with van der Waals surface area (Å²) in [5, 5.41) is 4.31. The van der Waals surface area contributed by atoms with Crippen molar-refractivity contribution in [2.24, 2.45) is 0 Å². The number of amides is 1. The van der Waals surface area contributed by atoms with Gasteiger partial charge >= 0.3 is 0 Å². The molecule has 5 aromatic rings. The minimum Gasteiger partial charge on any atom is -0.494 e. The molecule has 0 aliphatic carbocycles. The Morgan fingerprint density at radius 2 is 1.88 bits per heavy atom. The van der Waals surface area contributed by atoms with Crippen LogP contribution in [-0.2, 0) is 0 Å². The van der Waals surface area contributed by atoms with E-state index >= 15 is 0 Å². The first-order valence-corrected chi connectivity index (χ1v) is 11.7. The van der Waals surface area contributed by atoms with Crippen molar-refractivity contribution in [1.29, 1.82) is 0 Å². The summed E-state index contributed by atoms with van der Waals surface area (Å²) in [5.74, 6) is 0.573. The number of ether oxygens (including phenoxy) is 1. The maximum absolute atomic E-state index is 13.3. The minimum absolute atomic E-state index is 0.219. The quantitative estimate of drug-likeness (QED) is 0.282. The van der Waals surface area contributed by atoms with Crippen molar-refractivity contribution >= 4 is 59.4 Å². The van der Waals surface area contributed by atoms with Crippen molar-refractivity contribution in [2.75, 3.05) is 11.9 Å². The van der Waals surface area contributed by atoms with Crippen LogP contribution in [0.1, 0.15) is 17.3 Å². The monoisotopic (exact) mass is 503 g/mol. The number of nitrogens with zero attached hydrogens (tertiary/aromatic N) is 2. The zero-order chi connectivity index (χ0) is 22.1. The fraction of sp³-hybridized carbons (Fsp3) is 0.0800. The van der Waals surface area contributed by atoms with E-state index in [1.165, 1.54) is 11.3 Å². The van der Waals surface area contributed by atoms with E-state index in [0.717, 1.165) is 42.6 Å². The Bertz CT molecular complexity index is 1460. The standard InChI is InChI=1S/C25H18BrN3O2S/c1-2-31-17-10-11-21-23(13-17)32-25(28-21)29-24(30)19-14-22(15-6-5-7-16(26)12-15)27-20-9-4-3-8-18(19)20/h3-14H,2H2,1H3,(H,28,29,30). The van der Waals surface area contributed by atoms with Gasteiger partial charge in [-0.3, -0.25) is 10.1 Å². The van der Waals surface area contributed by atoms with Gasteiger partial charge in [0.1, 0.15) is 5.75 Å². The molecule has 1 amide bonds. The molecular formula is C25H18BrN3O2S. The SMILES string of the molecule is CCOc1ccc2nc(NC(=O)c3cc(-c4cccc(Br)c4)nc4ccccc34)sc2c1. The van der Waals surface area contributed by atoms with Gasteiger partial charge in [-0.1, -0.05) is 57.6 Å². The zero-order valence-corrected chi connectivity index (χ0v) is 19.5. The summed E-state index contributed by atoms with van der Waals surface area (Å²) in [6, 6.07) is 23.1. The van der Waals surface area contributed by atoms with Crippen LogP contribution in [0.4, 0.5) is 5.13 Å². The number of carbonyl (C=O) groups is 1. The molecule has 32 heavy (non-hydrogen) atoms. The Morgan fingerprint density at radius 3 is 2.72 bits per heavy atom. The molecule has 5 rings (SSSR count). The molecule has 0 saturated heterocycles. The van der Waals surface area contributed by atoms with Gasteiger partial charge in [-0.15, -0.1) is 0 Å². The fourth-order valence-electron chi connectivity index (χ4n) is 3.54. The van der Waals surface area contributed by atoms with Gasteiger partial charge in [-0.2, -0.15) is 0 Å². The summed E-state index contributed by atoms with van der Waals surface area (Å²) in [4.78, 5) is 22.7. The molecule has 158 valence electrons. The van der Waals surface area contributed by atoms with Gasteiger partial charge < -0.3 is 4.74 Å². The van der Waals surface area contributed by atoms with E-state index in [0.29, 0.717) is 17.3 Å². The third-order valence-electron chi connectivity index (χ3n) is 4.97. The number of thiazole rings is 1. The van der Waals surface area contributed by atoms with Crippen LogP contribution in [0.25, 0.3) is 32.4 Å². The molecule has 2 aromatic heterocycles. The van der Waals surface area contributed by atoms with Gasteiger partial charge in [0, 0.05) is 15.4 Å². The first kappa shape index (κ1) is 20.6. The maximum Gasteiger partial charge on any atom is 0.258 e. The highest BCUT2D eigenvalue weighted by Crippen LogP contribution is 2.31. The number of hydrogen-bond acceptors (Lipinski definition) is 5. The van der Waals surface area contributed by atoms with Gasteiger partial charge in [0.05, 0.1) is 33.6 Å². The lowest BCUT2D eigenvalue weighted by atomic mass is 10.0. The summed E-state index contributed by atoms with van der Waals surface area (Å²) in [7, 11) is 0. The van der Waals surface area contributed by atoms with Crippen LogP contribution in [0, 0.1) is 0 Å². The van der Waals surface area contributed by atoms with Crippen molar-refractivity contribution in [2.45, 2.75) is 6.92 Å². The molecule has 7 heteroatoms. The topological polar surface area (TPSA) is 64.1 Å². The second-order valence-corrected chi connectivity index (χ2v) is 9.06. The Morgan fingerprint density at radius 1 is 1.00 bits per heavy atom. The van der Waals surface area contributed by atoms with Gasteiger partial charge in [0.15, 0.2) is 5.13 Å². The van der Waals surface area contributed by atoms with Crippen molar-refractivity contribution in [3.05, 3.63) is 82.8 Å². The van der Waals surface area contributed by atoms with Crippen molar-refractivity contribution < 1.29 is 9.53 Å². The van der Waals surface area contributed by atoms with Crippen LogP contribution < -0.4 is 10.1 Å². The number of para-hydroxylation sites is 1. The minimum atomic E-state index is -0.219. The van der Waals surface area contributed by atoms with E-state index in [1.54, 1.807) is 0 Å². The largest absolute Gasteiger partial charge is 0.494 e. The summed E-state index contributed by atoms with van der Waals surface area (Å²) in [5.41, 5.74) is 3.81. The number of aromatic nitrogens is 2. The number of pyridine rings is 1. The third kappa shape index (κ3) is 4.09. The number of halogens is 1. The molecule has 2 heterocycles. The smallest absolute Gasteiger partial charge is 0.258 e. The van der Waals surface area contributed by atoms with E-state index in [9.17, 15) is 4.79 Å². The fourth-order valence-corrected chi connectivity index (χ4v) is 4.83. The van der Waals surface area contributed by atoms with Gasteiger partial charge in [0.25, 0.3) is 5.91 Å². The number of anilines is 1. The van der Waals surface area contributed by atoms with Crippen LogP contribution in [0.5, 0.6) is 5.75 Å². The number of nitrogens with one attached hydrogen (secondary N) is 1. The predicted molar refractivity (Wildman–Crippen MR) is 134 cm³/mol. The van der Waals surface area contributed by atoms with Crippen molar-refractivity contribution in [3.63, 3.8) is 0 Å². The summed E-state index contributed by atoms with van der Waals surface area (Å²) in [6.45, 7) is 2.55. The highest BCUT2D eigenvalue weighted by atomic mass is 79.9. The Labute approximate surface area is 197 Å². The second-order valence-electron chi connectivity index (χ2n) is 7.12. The molecule has 5 nitrogen and oxygen atoms in total. The number of fused-ring (bicyclic) bond motifs is 2. The Balaban J connectivity index is 1.53. The van der Waals surface area contributed by atoms with Crippen LogP contribution in [0.2, 0.25) is 0 Å². The number of carbonyl (C=O) groups excluding carboxylic acids is 1. The first-order valence-electron chi connectivity index (χ1n) is 10.1. The van der Waals surface area contributed by atoms with E-state index < -0.39 is 0 Å². The van der Waals surface area contributed by atoms with Gasteiger partial charge in [0.2, 0.25) is 0 Å². The average Bonchev–Trinajstić information content (AvgIpc) is 3.20. The van der Waals surface area contributed by atoms with Gasteiger partial charge in [-0.25, -0.2) is 9.97 Å². The third-order valence-corrected chi connectivity index (χ3v) is 6.40. The molecule has 0 spiro atoms. The van der Waals surface area contributed by atoms with Crippen LogP contribution >= 0.6 is 27.3 Å². The average molecular weight is 504 g/mol.